The van der Waals surface area contributed by atoms with E-state index in [0.717, 1.165) is 37.9 Å². The summed E-state index contributed by atoms with van der Waals surface area (Å²) in [4.78, 5) is 9.11. The zero-order valence-corrected chi connectivity index (χ0v) is 19.2. The molecule has 1 aromatic heterocycles. The molecule has 0 radical (unpaired) electrons. The molecule has 1 aromatic rings. The quantitative estimate of drug-likeness (QED) is 0.360. The summed E-state index contributed by atoms with van der Waals surface area (Å²) in [5.41, 5.74) is 0.0604. The molecule has 1 saturated heterocycles. The zero-order valence-electron chi connectivity index (χ0n) is 16.9. The number of aliphatic imine (C=N–C) groups is 1. The first-order chi connectivity index (χ1) is 11.9. The second-order valence-electron chi connectivity index (χ2n) is 7.64. The van der Waals surface area contributed by atoms with Crippen molar-refractivity contribution in [3.63, 3.8) is 0 Å². The highest BCUT2D eigenvalue weighted by Crippen LogP contribution is 2.24. The van der Waals surface area contributed by atoms with Gasteiger partial charge >= 0.3 is 0 Å². The average molecular weight is 477 g/mol. The number of nitrogens with one attached hydrogen (secondary N) is 2. The van der Waals surface area contributed by atoms with Crippen molar-refractivity contribution in [3.8, 4) is 0 Å². The van der Waals surface area contributed by atoms with Gasteiger partial charge in [0.25, 0.3) is 0 Å². The molecule has 1 aliphatic rings. The maximum atomic E-state index is 5.71. The van der Waals surface area contributed by atoms with Gasteiger partial charge in [-0.2, -0.15) is 0 Å². The fourth-order valence-corrected chi connectivity index (χ4v) is 2.99. The van der Waals surface area contributed by atoms with Gasteiger partial charge in [-0.05, 0) is 66.0 Å². The van der Waals surface area contributed by atoms with E-state index in [0.29, 0.717) is 0 Å². The van der Waals surface area contributed by atoms with E-state index in [-0.39, 0.29) is 35.6 Å². The monoisotopic (exact) mass is 477 g/mol. The van der Waals surface area contributed by atoms with Crippen LogP contribution in [0.3, 0.4) is 0 Å². The molecular formula is C19H36IN5O. The Kier molecular flexibility index (Phi) is 9.95. The van der Waals surface area contributed by atoms with Gasteiger partial charge in [-0.3, -0.25) is 9.89 Å². The first-order valence-electron chi connectivity index (χ1n) is 9.33. The summed E-state index contributed by atoms with van der Waals surface area (Å²) in [7, 11) is 6.02. The predicted octanol–water partition coefficient (Wildman–Crippen LogP) is 2.93. The van der Waals surface area contributed by atoms with Crippen molar-refractivity contribution in [3.05, 3.63) is 24.2 Å². The third-order valence-electron chi connectivity index (χ3n) is 5.29. The van der Waals surface area contributed by atoms with E-state index in [4.69, 9.17) is 4.42 Å². The highest BCUT2D eigenvalue weighted by molar-refractivity contribution is 14.0. The van der Waals surface area contributed by atoms with Crippen molar-refractivity contribution in [1.82, 2.24) is 20.4 Å². The Balaban J connectivity index is 0.00000338. The molecule has 7 heteroatoms. The van der Waals surface area contributed by atoms with Crippen LogP contribution in [-0.2, 0) is 0 Å². The van der Waals surface area contributed by atoms with Crippen LogP contribution in [0.25, 0.3) is 0 Å². The van der Waals surface area contributed by atoms with Gasteiger partial charge in [0.2, 0.25) is 0 Å². The minimum atomic E-state index is 0. The number of furan rings is 1. The van der Waals surface area contributed by atoms with Crippen LogP contribution in [0, 0.1) is 0 Å². The number of piperidine rings is 1. The number of likely N-dealkylation sites (tertiary alicyclic amines) is 1. The van der Waals surface area contributed by atoms with Crippen LogP contribution in [0.4, 0.5) is 0 Å². The highest BCUT2D eigenvalue weighted by atomic mass is 127. The molecule has 0 aromatic carbocycles. The lowest BCUT2D eigenvalue weighted by Crippen LogP contribution is -2.51. The lowest BCUT2D eigenvalue weighted by atomic mass is 10.0. The summed E-state index contributed by atoms with van der Waals surface area (Å²) in [6.45, 7) is 8.31. The zero-order chi connectivity index (χ0) is 18.3. The van der Waals surface area contributed by atoms with Crippen molar-refractivity contribution < 1.29 is 4.42 Å². The van der Waals surface area contributed by atoms with Gasteiger partial charge in [-0.25, -0.2) is 0 Å². The maximum absolute atomic E-state index is 5.71. The van der Waals surface area contributed by atoms with E-state index in [1.54, 1.807) is 6.26 Å². The molecule has 2 heterocycles. The van der Waals surface area contributed by atoms with Crippen LogP contribution in [0.2, 0.25) is 0 Å². The second-order valence-corrected chi connectivity index (χ2v) is 7.64. The van der Waals surface area contributed by atoms with E-state index < -0.39 is 0 Å². The summed E-state index contributed by atoms with van der Waals surface area (Å²) >= 11 is 0. The van der Waals surface area contributed by atoms with Gasteiger partial charge in [-0.15, -0.1) is 24.0 Å². The molecule has 1 unspecified atom stereocenters. The number of halogens is 1. The van der Waals surface area contributed by atoms with Crippen molar-refractivity contribution >= 4 is 29.9 Å². The minimum Gasteiger partial charge on any atom is -0.468 e. The first kappa shape index (κ1) is 23.2. The van der Waals surface area contributed by atoms with E-state index >= 15 is 0 Å². The molecule has 1 atom stereocenters. The summed E-state index contributed by atoms with van der Waals surface area (Å²) < 4.78 is 5.71. The van der Waals surface area contributed by atoms with Gasteiger partial charge in [0.1, 0.15) is 5.76 Å². The second kappa shape index (κ2) is 11.1. The van der Waals surface area contributed by atoms with Crippen LogP contribution < -0.4 is 10.6 Å². The SMILES string of the molecule is CN=C(NCC(c1ccco1)N1CCCCC1)NCC(C)(C)N(C)C.I. The Morgan fingerprint density at radius 1 is 1.27 bits per heavy atom. The van der Waals surface area contributed by atoms with Crippen molar-refractivity contribution in [1.29, 1.82) is 0 Å². The highest BCUT2D eigenvalue weighted by Gasteiger charge is 2.25. The largest absolute Gasteiger partial charge is 0.468 e. The molecule has 0 aliphatic carbocycles. The summed E-state index contributed by atoms with van der Waals surface area (Å²) in [5.74, 6) is 1.86. The molecule has 26 heavy (non-hydrogen) atoms. The molecule has 6 nitrogen and oxygen atoms in total. The van der Waals surface area contributed by atoms with E-state index in [9.17, 15) is 0 Å². The Bertz CT molecular complexity index is 524. The van der Waals surface area contributed by atoms with Gasteiger partial charge < -0.3 is 20.0 Å². The lowest BCUT2D eigenvalue weighted by molar-refractivity contribution is 0.146. The Morgan fingerprint density at radius 3 is 2.50 bits per heavy atom. The third-order valence-corrected chi connectivity index (χ3v) is 5.29. The van der Waals surface area contributed by atoms with Gasteiger partial charge in [0.15, 0.2) is 5.96 Å². The normalized spacial score (nSPS) is 17.7. The predicted molar refractivity (Wildman–Crippen MR) is 119 cm³/mol. The van der Waals surface area contributed by atoms with Crippen LogP contribution in [-0.4, -0.2) is 68.6 Å². The summed E-state index contributed by atoms with van der Waals surface area (Å²) in [5, 5.41) is 6.93. The number of guanidine groups is 1. The Morgan fingerprint density at radius 2 is 1.96 bits per heavy atom. The minimum absolute atomic E-state index is 0. The van der Waals surface area contributed by atoms with Crippen molar-refractivity contribution in [2.24, 2.45) is 4.99 Å². The van der Waals surface area contributed by atoms with Crippen LogP contribution in [0.15, 0.2) is 27.8 Å². The molecule has 150 valence electrons. The number of hydrogen-bond donors (Lipinski definition) is 2. The summed E-state index contributed by atoms with van der Waals surface area (Å²) in [6.07, 6.45) is 5.62. The molecule has 1 aliphatic heterocycles. The van der Waals surface area contributed by atoms with E-state index in [2.05, 4.69) is 59.4 Å². The third kappa shape index (κ3) is 6.74. The van der Waals surface area contributed by atoms with Crippen LogP contribution in [0.1, 0.15) is 44.9 Å². The van der Waals surface area contributed by atoms with Gasteiger partial charge in [0, 0.05) is 25.7 Å². The number of likely N-dealkylation sites (N-methyl/N-ethyl adjacent to an activating group) is 1. The smallest absolute Gasteiger partial charge is 0.191 e. The molecule has 1 fully saturated rings. The fourth-order valence-electron chi connectivity index (χ4n) is 2.99. The van der Waals surface area contributed by atoms with Crippen molar-refractivity contribution in [2.45, 2.75) is 44.7 Å². The van der Waals surface area contributed by atoms with Crippen LogP contribution >= 0.6 is 24.0 Å². The standard InChI is InChI=1S/C19H35N5O.HI/c1-19(2,23(4)5)15-22-18(20-3)21-14-16(17-10-9-13-25-17)24-11-7-6-8-12-24;/h9-10,13,16H,6-8,11-12,14-15H2,1-5H3,(H2,20,21,22);1H. The van der Waals surface area contributed by atoms with Gasteiger partial charge in [-0.1, -0.05) is 6.42 Å². The molecule has 0 bridgehead atoms. The molecule has 2 rings (SSSR count). The topological polar surface area (TPSA) is 56.0 Å². The maximum Gasteiger partial charge on any atom is 0.191 e. The Labute approximate surface area is 175 Å². The molecule has 0 saturated carbocycles. The molecule has 0 amide bonds. The van der Waals surface area contributed by atoms with Crippen molar-refractivity contribution in [2.75, 3.05) is 47.3 Å². The molecule has 0 spiro atoms. The average Bonchev–Trinajstić information content (AvgIpc) is 3.13. The first-order valence-corrected chi connectivity index (χ1v) is 9.33. The molecule has 2 N–H and O–H groups in total. The van der Waals surface area contributed by atoms with Gasteiger partial charge in [0.05, 0.1) is 12.3 Å². The number of rotatable bonds is 7. The van der Waals surface area contributed by atoms with E-state index in [1.807, 2.05) is 13.1 Å². The lowest BCUT2D eigenvalue weighted by Gasteiger charge is -2.35. The fraction of sp³-hybridized carbons (Fsp3) is 0.737. The summed E-state index contributed by atoms with van der Waals surface area (Å²) in [6, 6.07) is 4.29. The number of hydrogen-bond acceptors (Lipinski definition) is 4. The van der Waals surface area contributed by atoms with E-state index in [1.165, 1.54) is 19.3 Å². The molecular weight excluding hydrogens is 441 g/mol. The number of nitrogens with zero attached hydrogens (tertiary/aromatic N) is 3. The van der Waals surface area contributed by atoms with Crippen LogP contribution in [0.5, 0.6) is 0 Å². The Hall–Kier alpha value is -0.800.